The van der Waals surface area contributed by atoms with E-state index in [9.17, 15) is 9.90 Å². The van der Waals surface area contributed by atoms with E-state index in [-0.39, 0.29) is 31.5 Å². The molecule has 0 spiro atoms. The van der Waals surface area contributed by atoms with E-state index in [1.165, 1.54) is 5.56 Å². The summed E-state index contributed by atoms with van der Waals surface area (Å²) < 4.78 is 5.04. The number of carboxylic acid groups (broad SMARTS) is 1. The molecule has 0 aliphatic carbocycles. The number of aromatic hydroxyl groups is 1. The molecule has 1 aliphatic heterocycles. The van der Waals surface area contributed by atoms with E-state index in [0.29, 0.717) is 5.84 Å². The number of nitrogens with zero attached hydrogens (tertiary/aromatic N) is 3. The number of phenols is 1. The number of hydrogen-bond donors (Lipinski definition) is 4. The highest BCUT2D eigenvalue weighted by atomic mass is 16.5. The van der Waals surface area contributed by atoms with Crippen molar-refractivity contribution in [3.63, 3.8) is 0 Å². The van der Waals surface area contributed by atoms with Crippen LogP contribution >= 0.6 is 0 Å². The van der Waals surface area contributed by atoms with Crippen LogP contribution in [0.1, 0.15) is 28.3 Å². The van der Waals surface area contributed by atoms with Crippen LogP contribution in [0.15, 0.2) is 83.9 Å². The van der Waals surface area contributed by atoms with Crippen molar-refractivity contribution in [1.82, 2.24) is 15.2 Å². The number of hydrogen-bond acceptors (Lipinski definition) is 7. The minimum Gasteiger partial charge on any atom is -0.508 e. The van der Waals surface area contributed by atoms with Crippen LogP contribution < -0.4 is 11.3 Å². The average Bonchev–Trinajstić information content (AvgIpc) is 2.93. The summed E-state index contributed by atoms with van der Waals surface area (Å²) in [7, 11) is 0. The zero-order valence-electron chi connectivity index (χ0n) is 21.4. The van der Waals surface area contributed by atoms with Crippen molar-refractivity contribution in [3.8, 4) is 5.75 Å². The van der Waals surface area contributed by atoms with Crippen LogP contribution in [-0.2, 0) is 16.1 Å². The molecule has 0 amide bonds. The van der Waals surface area contributed by atoms with Crippen LogP contribution in [0.5, 0.6) is 5.75 Å². The lowest BCUT2D eigenvalue weighted by molar-refractivity contribution is -0.142. The van der Waals surface area contributed by atoms with Gasteiger partial charge in [0.2, 0.25) is 0 Å². The van der Waals surface area contributed by atoms with Crippen molar-refractivity contribution in [2.45, 2.75) is 12.6 Å². The summed E-state index contributed by atoms with van der Waals surface area (Å²) in [6.45, 7) is 4.78. The van der Waals surface area contributed by atoms with Crippen molar-refractivity contribution in [3.05, 3.63) is 101 Å². The van der Waals surface area contributed by atoms with Crippen LogP contribution in [0.3, 0.4) is 0 Å². The first kappa shape index (κ1) is 27.3. The third-order valence-corrected chi connectivity index (χ3v) is 6.57. The lowest BCUT2D eigenvalue weighted by Crippen LogP contribution is -2.47. The molecule has 0 saturated carbocycles. The molecule has 0 radical (unpaired) electrons. The minimum atomic E-state index is -1.01. The van der Waals surface area contributed by atoms with Gasteiger partial charge < -0.3 is 20.4 Å². The first-order valence-corrected chi connectivity index (χ1v) is 12.7. The number of piperazine rings is 1. The van der Waals surface area contributed by atoms with E-state index in [0.717, 1.165) is 49.4 Å². The topological polar surface area (TPSA) is 124 Å². The third-order valence-electron chi connectivity index (χ3n) is 6.57. The predicted molar refractivity (Wildman–Crippen MR) is 147 cm³/mol. The second-order valence-corrected chi connectivity index (χ2v) is 9.24. The number of aliphatic carboxylic acids is 1. The van der Waals surface area contributed by atoms with Gasteiger partial charge >= 0.3 is 5.97 Å². The van der Waals surface area contributed by atoms with Crippen LogP contribution in [0, 0.1) is 0 Å². The highest BCUT2D eigenvalue weighted by molar-refractivity contribution is 5.98. The molecular weight excluding hydrogens is 482 g/mol. The number of hydrazine groups is 1. The summed E-state index contributed by atoms with van der Waals surface area (Å²) in [4.78, 5) is 19.9. The van der Waals surface area contributed by atoms with E-state index in [2.05, 4.69) is 62.7 Å². The lowest BCUT2D eigenvalue weighted by Gasteiger charge is -2.40. The highest BCUT2D eigenvalue weighted by Crippen LogP contribution is 2.31. The van der Waals surface area contributed by atoms with Gasteiger partial charge in [-0.25, -0.2) is 10.6 Å². The molecule has 1 heterocycles. The molecule has 3 aromatic rings. The molecule has 0 aromatic heterocycles. The van der Waals surface area contributed by atoms with Crippen LogP contribution in [0.25, 0.3) is 0 Å². The quantitative estimate of drug-likeness (QED) is 0.101. The zero-order valence-corrected chi connectivity index (χ0v) is 21.4. The number of nitrogens with two attached hydrogens (primary N) is 1. The number of rotatable bonds is 11. The number of carboxylic acids is 1. The number of ether oxygens (including phenoxy) is 1. The molecule has 1 fully saturated rings. The number of phenolic OH excluding ortho intramolecular Hbond substituents is 1. The Labute approximate surface area is 223 Å². The van der Waals surface area contributed by atoms with Gasteiger partial charge in [0.15, 0.2) is 0 Å². The summed E-state index contributed by atoms with van der Waals surface area (Å²) in [6.07, 6.45) is 0. The molecule has 9 heteroatoms. The van der Waals surface area contributed by atoms with Crippen molar-refractivity contribution in [1.29, 1.82) is 0 Å². The molecule has 1 aliphatic rings. The molecule has 1 atom stereocenters. The zero-order chi connectivity index (χ0) is 26.7. The molecule has 4 rings (SSSR count). The maximum absolute atomic E-state index is 10.6. The Bertz CT molecular complexity index is 1200. The van der Waals surface area contributed by atoms with Crippen LogP contribution in [0.4, 0.5) is 0 Å². The molecule has 9 nitrogen and oxygen atoms in total. The van der Waals surface area contributed by atoms with Crippen molar-refractivity contribution < 1.29 is 19.7 Å². The number of benzene rings is 3. The summed E-state index contributed by atoms with van der Waals surface area (Å²) >= 11 is 0. The molecule has 200 valence electrons. The molecule has 38 heavy (non-hydrogen) atoms. The molecule has 0 bridgehead atoms. The van der Waals surface area contributed by atoms with Gasteiger partial charge in [-0.05, 0) is 28.8 Å². The van der Waals surface area contributed by atoms with Gasteiger partial charge in [-0.15, -0.1) is 0 Å². The average molecular weight is 518 g/mol. The first-order valence-electron chi connectivity index (χ1n) is 12.7. The Kier molecular flexibility index (Phi) is 9.83. The normalized spacial score (nSPS) is 15.8. The lowest BCUT2D eigenvalue weighted by atomic mass is 9.95. The van der Waals surface area contributed by atoms with Gasteiger partial charge in [0.05, 0.1) is 19.2 Å². The molecule has 5 N–H and O–H groups in total. The van der Waals surface area contributed by atoms with Crippen molar-refractivity contribution >= 4 is 11.8 Å². The fourth-order valence-electron chi connectivity index (χ4n) is 4.76. The van der Waals surface area contributed by atoms with Gasteiger partial charge in [0.1, 0.15) is 18.2 Å². The Hall–Kier alpha value is -3.76. The predicted octanol–water partition coefficient (Wildman–Crippen LogP) is 2.61. The standard InChI is InChI=1S/C29H35N5O4/c30-32-29(31-13-18-38-21-27(36)37)24-11-9-23(10-12-24)28(25-7-4-8-26(35)19-25)34-16-14-33(15-17-34)20-22-5-2-1-3-6-22/h1-12,19,28,35H,13-18,20-21,30H2,(H,31,32)(H,36,37). The number of nitrogens with one attached hydrogen (secondary N) is 1. The van der Waals surface area contributed by atoms with Crippen molar-refractivity contribution in [2.75, 3.05) is 45.9 Å². The maximum atomic E-state index is 10.6. The number of carbonyl (C=O) groups is 1. The Morgan fingerprint density at radius 3 is 2.37 bits per heavy atom. The van der Waals surface area contributed by atoms with Crippen LogP contribution in [0.2, 0.25) is 0 Å². The summed E-state index contributed by atoms with van der Waals surface area (Å²) in [5, 5.41) is 18.9. The first-order chi connectivity index (χ1) is 18.5. The molecule has 1 unspecified atom stereocenters. The van der Waals surface area contributed by atoms with Gasteiger partial charge in [0.25, 0.3) is 0 Å². The second-order valence-electron chi connectivity index (χ2n) is 9.24. The Morgan fingerprint density at radius 1 is 0.974 bits per heavy atom. The number of amidine groups is 1. The number of aliphatic imine (C=N–C) groups is 1. The van der Waals surface area contributed by atoms with E-state index in [4.69, 9.17) is 15.7 Å². The van der Waals surface area contributed by atoms with Gasteiger partial charge in [-0.3, -0.25) is 14.8 Å². The van der Waals surface area contributed by atoms with Gasteiger partial charge in [-0.2, -0.15) is 0 Å². The largest absolute Gasteiger partial charge is 0.508 e. The monoisotopic (exact) mass is 517 g/mol. The molecule has 3 aromatic carbocycles. The van der Waals surface area contributed by atoms with E-state index in [1.807, 2.05) is 30.3 Å². The third kappa shape index (κ3) is 7.62. The summed E-state index contributed by atoms with van der Waals surface area (Å²) in [6, 6.07) is 26.1. The SMILES string of the molecule is NNC(=NCCOCC(=O)O)c1ccc(C(c2cccc(O)c2)N2CCN(Cc3ccccc3)CC2)cc1. The fourth-order valence-corrected chi connectivity index (χ4v) is 4.76. The molecular formula is C29H35N5O4. The second kappa shape index (κ2) is 13.7. The fraction of sp³-hybridized carbons (Fsp3) is 0.310. The maximum Gasteiger partial charge on any atom is 0.329 e. The molecule has 1 saturated heterocycles. The summed E-state index contributed by atoms with van der Waals surface area (Å²) in [5.41, 5.74) is 6.91. The van der Waals surface area contributed by atoms with E-state index < -0.39 is 5.97 Å². The minimum absolute atomic E-state index is 0.00864. The Balaban J connectivity index is 1.47. The van der Waals surface area contributed by atoms with Gasteiger partial charge in [-0.1, -0.05) is 66.7 Å². The van der Waals surface area contributed by atoms with Gasteiger partial charge in [0, 0.05) is 38.3 Å². The van der Waals surface area contributed by atoms with Crippen LogP contribution in [-0.4, -0.2) is 77.8 Å². The highest BCUT2D eigenvalue weighted by Gasteiger charge is 2.27. The van der Waals surface area contributed by atoms with Crippen molar-refractivity contribution in [2.24, 2.45) is 10.8 Å². The van der Waals surface area contributed by atoms with E-state index >= 15 is 0 Å². The smallest absolute Gasteiger partial charge is 0.329 e. The Morgan fingerprint density at radius 2 is 1.71 bits per heavy atom. The van der Waals surface area contributed by atoms with E-state index in [1.54, 1.807) is 6.07 Å². The summed E-state index contributed by atoms with van der Waals surface area (Å²) in [5.74, 6) is 5.44.